The number of pyridine rings is 1. The van der Waals surface area contributed by atoms with Gasteiger partial charge in [0.1, 0.15) is 11.5 Å². The van der Waals surface area contributed by atoms with Crippen molar-refractivity contribution in [2.24, 2.45) is 0 Å². The summed E-state index contributed by atoms with van der Waals surface area (Å²) in [5, 5.41) is 3.97. The summed E-state index contributed by atoms with van der Waals surface area (Å²) in [5.74, 6) is 1.48. The lowest BCUT2D eigenvalue weighted by molar-refractivity contribution is 0.471. The fourth-order valence-corrected chi connectivity index (χ4v) is 1.93. The average Bonchev–Trinajstić information content (AvgIpc) is 2.41. The molecule has 0 aliphatic rings. The second-order valence-corrected chi connectivity index (χ2v) is 4.64. The van der Waals surface area contributed by atoms with Gasteiger partial charge in [-0.2, -0.15) is 0 Å². The van der Waals surface area contributed by atoms with E-state index < -0.39 is 0 Å². The van der Waals surface area contributed by atoms with Gasteiger partial charge in [0.15, 0.2) is 0 Å². The number of nitrogens with zero attached hydrogens (tertiary/aromatic N) is 1. The van der Waals surface area contributed by atoms with Crippen LogP contribution in [0.3, 0.4) is 0 Å². The van der Waals surface area contributed by atoms with Gasteiger partial charge < -0.3 is 10.1 Å². The van der Waals surface area contributed by atoms with Crippen molar-refractivity contribution >= 4 is 11.6 Å². The van der Waals surface area contributed by atoms with Crippen molar-refractivity contribution < 1.29 is 4.74 Å². The summed E-state index contributed by atoms with van der Waals surface area (Å²) in [7, 11) is 0. The molecule has 0 radical (unpaired) electrons. The Kier molecular flexibility index (Phi) is 4.77. The van der Waals surface area contributed by atoms with Crippen molar-refractivity contribution in [2.45, 2.75) is 20.4 Å². The molecule has 19 heavy (non-hydrogen) atoms. The van der Waals surface area contributed by atoms with Crippen molar-refractivity contribution in [3.8, 4) is 11.5 Å². The van der Waals surface area contributed by atoms with Gasteiger partial charge in [0.2, 0.25) is 0 Å². The summed E-state index contributed by atoms with van der Waals surface area (Å²) in [6.45, 7) is 5.57. The van der Waals surface area contributed by atoms with Crippen LogP contribution in [0.2, 0.25) is 5.02 Å². The Hall–Kier alpha value is -1.58. The first-order valence-corrected chi connectivity index (χ1v) is 6.67. The summed E-state index contributed by atoms with van der Waals surface area (Å²) < 4.78 is 5.86. The first-order chi connectivity index (χ1) is 9.20. The van der Waals surface area contributed by atoms with E-state index in [1.165, 1.54) is 0 Å². The summed E-state index contributed by atoms with van der Waals surface area (Å²) in [6.07, 6.45) is 1.72. The molecule has 0 bridgehead atoms. The van der Waals surface area contributed by atoms with Gasteiger partial charge in [0, 0.05) is 22.8 Å². The maximum atomic E-state index is 6.22. The number of hydrogen-bond donors (Lipinski definition) is 1. The van der Waals surface area contributed by atoms with Crippen LogP contribution >= 0.6 is 11.6 Å². The third kappa shape index (κ3) is 3.69. The molecule has 4 heteroatoms. The molecule has 0 atom stereocenters. The Balaban J connectivity index is 2.23. The predicted molar refractivity (Wildman–Crippen MR) is 77.9 cm³/mol. The highest BCUT2D eigenvalue weighted by Crippen LogP contribution is 2.30. The predicted octanol–water partition coefficient (Wildman–Crippen LogP) is 3.95. The zero-order chi connectivity index (χ0) is 13.7. The third-order valence-corrected chi connectivity index (χ3v) is 3.09. The Labute approximate surface area is 118 Å². The van der Waals surface area contributed by atoms with E-state index >= 15 is 0 Å². The molecule has 1 heterocycles. The zero-order valence-corrected chi connectivity index (χ0v) is 11.9. The lowest BCUT2D eigenvalue weighted by atomic mass is 10.2. The lowest BCUT2D eigenvalue weighted by Crippen LogP contribution is -2.12. The molecule has 2 aromatic rings. The number of ether oxygens (including phenoxy) is 1. The molecule has 0 amide bonds. The first kappa shape index (κ1) is 13.8. The monoisotopic (exact) mass is 276 g/mol. The number of nitrogens with one attached hydrogen (secondary N) is 1. The highest BCUT2D eigenvalue weighted by atomic mass is 35.5. The van der Waals surface area contributed by atoms with Gasteiger partial charge in [-0.15, -0.1) is 0 Å². The van der Waals surface area contributed by atoms with Crippen LogP contribution in [0.5, 0.6) is 11.5 Å². The van der Waals surface area contributed by atoms with Gasteiger partial charge in [-0.05, 0) is 37.7 Å². The van der Waals surface area contributed by atoms with E-state index in [9.17, 15) is 0 Å². The van der Waals surface area contributed by atoms with E-state index in [0.717, 1.165) is 23.6 Å². The van der Waals surface area contributed by atoms with Crippen molar-refractivity contribution in [1.82, 2.24) is 10.3 Å². The average molecular weight is 277 g/mol. The Morgan fingerprint density at radius 1 is 1.26 bits per heavy atom. The van der Waals surface area contributed by atoms with E-state index in [0.29, 0.717) is 17.3 Å². The molecule has 0 fully saturated rings. The number of rotatable bonds is 5. The molecular weight excluding hydrogens is 260 g/mol. The van der Waals surface area contributed by atoms with Crippen LogP contribution < -0.4 is 10.1 Å². The van der Waals surface area contributed by atoms with E-state index in [1.807, 2.05) is 37.3 Å². The maximum absolute atomic E-state index is 6.22. The highest BCUT2D eigenvalue weighted by Gasteiger charge is 2.08. The largest absolute Gasteiger partial charge is 0.455 e. The van der Waals surface area contributed by atoms with Crippen LogP contribution in [-0.2, 0) is 6.54 Å². The van der Waals surface area contributed by atoms with Gasteiger partial charge in [0.25, 0.3) is 0 Å². The maximum Gasteiger partial charge on any atom is 0.145 e. The standard InChI is InChI=1S/C15H17ClN2O/c1-3-17-10-13-14(16)5-4-6-15(13)19-12-8-7-11(2)18-9-12/h4-9,17H,3,10H2,1-2H3. The molecular formula is C15H17ClN2O. The second kappa shape index (κ2) is 6.55. The van der Waals surface area contributed by atoms with Crippen molar-refractivity contribution in [3.05, 3.63) is 52.8 Å². The van der Waals surface area contributed by atoms with Gasteiger partial charge in [-0.1, -0.05) is 24.6 Å². The molecule has 3 nitrogen and oxygen atoms in total. The van der Waals surface area contributed by atoms with Crippen LogP contribution in [0.25, 0.3) is 0 Å². The Bertz CT molecular complexity index is 540. The number of aromatic nitrogens is 1. The fraction of sp³-hybridized carbons (Fsp3) is 0.267. The summed E-state index contributed by atoms with van der Waals surface area (Å²) in [6, 6.07) is 9.49. The quantitative estimate of drug-likeness (QED) is 0.898. The summed E-state index contributed by atoms with van der Waals surface area (Å²) in [4.78, 5) is 4.22. The minimum absolute atomic E-state index is 0.685. The van der Waals surface area contributed by atoms with Crippen molar-refractivity contribution in [2.75, 3.05) is 6.54 Å². The van der Waals surface area contributed by atoms with Crippen LogP contribution in [0.1, 0.15) is 18.2 Å². The number of benzene rings is 1. The molecule has 0 saturated heterocycles. The Morgan fingerprint density at radius 3 is 2.79 bits per heavy atom. The minimum Gasteiger partial charge on any atom is -0.455 e. The zero-order valence-electron chi connectivity index (χ0n) is 11.1. The number of aryl methyl sites for hydroxylation is 1. The van der Waals surface area contributed by atoms with Gasteiger partial charge in [-0.25, -0.2) is 0 Å². The molecule has 100 valence electrons. The molecule has 0 unspecified atom stereocenters. The molecule has 0 saturated carbocycles. The van der Waals surface area contributed by atoms with Gasteiger partial charge in [-0.3, -0.25) is 4.98 Å². The first-order valence-electron chi connectivity index (χ1n) is 6.29. The van der Waals surface area contributed by atoms with E-state index in [1.54, 1.807) is 6.20 Å². The molecule has 1 aromatic heterocycles. The minimum atomic E-state index is 0.685. The van der Waals surface area contributed by atoms with E-state index in [4.69, 9.17) is 16.3 Å². The SMILES string of the molecule is CCNCc1c(Cl)cccc1Oc1ccc(C)nc1. The topological polar surface area (TPSA) is 34.1 Å². The van der Waals surface area contributed by atoms with Crippen LogP contribution in [0, 0.1) is 6.92 Å². The number of halogens is 1. The fourth-order valence-electron chi connectivity index (χ4n) is 1.70. The molecule has 0 spiro atoms. The highest BCUT2D eigenvalue weighted by molar-refractivity contribution is 6.31. The van der Waals surface area contributed by atoms with E-state index in [-0.39, 0.29) is 0 Å². The van der Waals surface area contributed by atoms with E-state index in [2.05, 4.69) is 17.2 Å². The Morgan fingerprint density at radius 2 is 2.11 bits per heavy atom. The lowest BCUT2D eigenvalue weighted by Gasteiger charge is -2.12. The van der Waals surface area contributed by atoms with Crippen molar-refractivity contribution in [1.29, 1.82) is 0 Å². The molecule has 1 N–H and O–H groups in total. The number of hydrogen-bond acceptors (Lipinski definition) is 3. The molecule has 0 aliphatic carbocycles. The van der Waals surface area contributed by atoms with Gasteiger partial charge >= 0.3 is 0 Å². The van der Waals surface area contributed by atoms with Crippen LogP contribution in [-0.4, -0.2) is 11.5 Å². The van der Waals surface area contributed by atoms with Crippen molar-refractivity contribution in [3.63, 3.8) is 0 Å². The molecule has 2 rings (SSSR count). The summed E-state index contributed by atoms with van der Waals surface area (Å²) in [5.41, 5.74) is 1.93. The smallest absolute Gasteiger partial charge is 0.145 e. The molecule has 0 aliphatic heterocycles. The summed E-state index contributed by atoms with van der Waals surface area (Å²) >= 11 is 6.22. The second-order valence-electron chi connectivity index (χ2n) is 4.23. The third-order valence-electron chi connectivity index (χ3n) is 2.74. The van der Waals surface area contributed by atoms with Crippen LogP contribution in [0.15, 0.2) is 36.5 Å². The normalized spacial score (nSPS) is 10.5. The van der Waals surface area contributed by atoms with Crippen LogP contribution in [0.4, 0.5) is 0 Å². The molecule has 1 aromatic carbocycles. The van der Waals surface area contributed by atoms with Gasteiger partial charge in [0.05, 0.1) is 6.20 Å².